The Morgan fingerprint density at radius 3 is 2.38 bits per heavy atom. The second kappa shape index (κ2) is 4.20. The van der Waals surface area contributed by atoms with Crippen LogP contribution < -0.4 is 5.73 Å². The van der Waals surface area contributed by atoms with E-state index < -0.39 is 5.91 Å². The first-order valence-corrected chi connectivity index (χ1v) is 5.27. The molecular weight excluding hydrogens is 247 g/mol. The zero-order valence-electron chi connectivity index (χ0n) is 8.13. The van der Waals surface area contributed by atoms with Crippen molar-refractivity contribution < 1.29 is 4.79 Å². The molecule has 1 aromatic carbocycles. The van der Waals surface area contributed by atoms with Gasteiger partial charge >= 0.3 is 0 Å². The van der Waals surface area contributed by atoms with Gasteiger partial charge in [0.15, 0.2) is 0 Å². The average molecular weight is 255 g/mol. The van der Waals surface area contributed by atoms with E-state index in [0.29, 0.717) is 21.3 Å². The van der Waals surface area contributed by atoms with Gasteiger partial charge in [0.25, 0.3) is 5.91 Å². The number of aromatic nitrogens is 1. The Kier molecular flexibility index (Phi) is 2.90. The number of nitrogens with one attached hydrogen (secondary N) is 1. The van der Waals surface area contributed by atoms with Gasteiger partial charge in [-0.2, -0.15) is 0 Å². The molecule has 0 saturated heterocycles. The molecule has 0 aliphatic heterocycles. The van der Waals surface area contributed by atoms with E-state index >= 15 is 0 Å². The van der Waals surface area contributed by atoms with Crippen LogP contribution in [0.1, 0.15) is 10.5 Å². The maximum absolute atomic E-state index is 11.2. The number of hydrogen-bond donors (Lipinski definition) is 2. The predicted octanol–water partition coefficient (Wildman–Crippen LogP) is 3.09. The Labute approximate surface area is 102 Å². The van der Waals surface area contributed by atoms with E-state index in [1.54, 1.807) is 30.5 Å². The minimum Gasteiger partial charge on any atom is -0.364 e. The van der Waals surface area contributed by atoms with Crippen molar-refractivity contribution in [2.75, 3.05) is 0 Å². The molecule has 1 aromatic heterocycles. The molecule has 0 bridgehead atoms. The summed E-state index contributed by atoms with van der Waals surface area (Å²) in [7, 11) is 0. The molecule has 0 atom stereocenters. The number of aromatic amines is 1. The second-order valence-corrected chi connectivity index (χ2v) is 4.16. The van der Waals surface area contributed by atoms with Crippen molar-refractivity contribution in [2.45, 2.75) is 0 Å². The summed E-state index contributed by atoms with van der Waals surface area (Å²) in [5.41, 5.74) is 7.03. The number of H-pyrrole nitrogens is 1. The number of hydrogen-bond acceptors (Lipinski definition) is 1. The number of nitrogens with two attached hydrogens (primary N) is 1. The molecule has 3 N–H and O–H groups in total. The van der Waals surface area contributed by atoms with Gasteiger partial charge in [-0.1, -0.05) is 23.2 Å². The first-order valence-electron chi connectivity index (χ1n) is 4.51. The van der Waals surface area contributed by atoms with E-state index in [-0.39, 0.29) is 0 Å². The number of carbonyl (C=O) groups is 1. The summed E-state index contributed by atoms with van der Waals surface area (Å²) in [4.78, 5) is 13.9. The van der Waals surface area contributed by atoms with Gasteiger partial charge in [-0.15, -0.1) is 0 Å². The van der Waals surface area contributed by atoms with Crippen LogP contribution in [-0.2, 0) is 0 Å². The molecule has 1 heterocycles. The molecule has 1 amide bonds. The molecule has 0 aliphatic rings. The lowest BCUT2D eigenvalue weighted by Crippen LogP contribution is -2.12. The van der Waals surface area contributed by atoms with Crippen LogP contribution in [0.2, 0.25) is 10.0 Å². The molecule has 2 rings (SSSR count). The highest BCUT2D eigenvalue weighted by atomic mass is 35.5. The second-order valence-electron chi connectivity index (χ2n) is 3.29. The Morgan fingerprint density at radius 1 is 1.19 bits per heavy atom. The topological polar surface area (TPSA) is 58.9 Å². The summed E-state index contributed by atoms with van der Waals surface area (Å²) in [6.07, 6.45) is 1.64. The first kappa shape index (κ1) is 11.0. The van der Waals surface area contributed by atoms with Crippen molar-refractivity contribution in [1.29, 1.82) is 0 Å². The fourth-order valence-electron chi connectivity index (χ4n) is 1.52. The van der Waals surface area contributed by atoms with Gasteiger partial charge < -0.3 is 10.7 Å². The maximum atomic E-state index is 11.2. The highest BCUT2D eigenvalue weighted by molar-refractivity contribution is 6.35. The SMILES string of the molecule is NC(=O)c1[nH]ccc1-c1cc(Cl)cc(Cl)c1. The van der Waals surface area contributed by atoms with Gasteiger partial charge in [0.05, 0.1) is 0 Å². The van der Waals surface area contributed by atoms with Crippen molar-refractivity contribution in [3.63, 3.8) is 0 Å². The lowest BCUT2D eigenvalue weighted by molar-refractivity contribution is 0.0997. The molecule has 0 spiro atoms. The molecule has 2 aromatic rings. The van der Waals surface area contributed by atoms with E-state index in [1.165, 1.54) is 0 Å². The van der Waals surface area contributed by atoms with Crippen LogP contribution in [0.15, 0.2) is 30.5 Å². The normalized spacial score (nSPS) is 10.4. The molecule has 3 nitrogen and oxygen atoms in total. The molecule has 0 unspecified atom stereocenters. The third-order valence-corrected chi connectivity index (χ3v) is 2.60. The van der Waals surface area contributed by atoms with Crippen molar-refractivity contribution in [2.24, 2.45) is 5.73 Å². The van der Waals surface area contributed by atoms with Gasteiger partial charge in [-0.25, -0.2) is 0 Å². The smallest absolute Gasteiger partial charge is 0.265 e. The Hall–Kier alpha value is -1.45. The molecule has 0 saturated carbocycles. The summed E-state index contributed by atoms with van der Waals surface area (Å²) in [5, 5.41) is 1.03. The van der Waals surface area contributed by atoms with Crippen LogP contribution >= 0.6 is 23.2 Å². The van der Waals surface area contributed by atoms with Crippen molar-refractivity contribution in [1.82, 2.24) is 4.98 Å². The van der Waals surface area contributed by atoms with Crippen molar-refractivity contribution in [3.8, 4) is 11.1 Å². The van der Waals surface area contributed by atoms with Crippen LogP contribution in [0.3, 0.4) is 0 Å². The van der Waals surface area contributed by atoms with E-state index in [9.17, 15) is 4.79 Å². The number of benzene rings is 1. The van der Waals surface area contributed by atoms with Gasteiger partial charge in [-0.05, 0) is 29.8 Å². The highest BCUT2D eigenvalue weighted by Gasteiger charge is 2.11. The largest absolute Gasteiger partial charge is 0.364 e. The molecule has 82 valence electrons. The third kappa shape index (κ3) is 2.05. The number of halogens is 2. The Morgan fingerprint density at radius 2 is 1.81 bits per heavy atom. The van der Waals surface area contributed by atoms with Crippen molar-refractivity contribution in [3.05, 3.63) is 46.2 Å². The van der Waals surface area contributed by atoms with E-state index in [0.717, 1.165) is 5.56 Å². The summed E-state index contributed by atoms with van der Waals surface area (Å²) in [6.45, 7) is 0. The maximum Gasteiger partial charge on any atom is 0.265 e. The summed E-state index contributed by atoms with van der Waals surface area (Å²) in [6, 6.07) is 6.83. The fraction of sp³-hybridized carbons (Fsp3) is 0. The zero-order chi connectivity index (χ0) is 11.7. The van der Waals surface area contributed by atoms with E-state index in [1.807, 2.05) is 0 Å². The Balaban J connectivity index is 2.58. The summed E-state index contributed by atoms with van der Waals surface area (Å²) < 4.78 is 0. The lowest BCUT2D eigenvalue weighted by Gasteiger charge is -2.03. The standard InChI is InChI=1S/C11H8Cl2N2O/c12-7-3-6(4-8(13)5-7)9-1-2-15-10(9)11(14)16/h1-5,15H,(H2,14,16). The minimum absolute atomic E-state index is 0.346. The molecule has 5 heteroatoms. The quantitative estimate of drug-likeness (QED) is 0.851. The molecule has 16 heavy (non-hydrogen) atoms. The van der Waals surface area contributed by atoms with Gasteiger partial charge in [0.1, 0.15) is 5.69 Å². The van der Waals surface area contributed by atoms with Crippen LogP contribution in [0.5, 0.6) is 0 Å². The van der Waals surface area contributed by atoms with Crippen LogP contribution in [-0.4, -0.2) is 10.9 Å². The van der Waals surface area contributed by atoms with E-state index in [2.05, 4.69) is 4.98 Å². The van der Waals surface area contributed by atoms with Crippen LogP contribution in [0.4, 0.5) is 0 Å². The molecular formula is C11H8Cl2N2O. The molecule has 0 fully saturated rings. The Bertz CT molecular complexity index is 528. The van der Waals surface area contributed by atoms with Gasteiger partial charge in [-0.3, -0.25) is 4.79 Å². The highest BCUT2D eigenvalue weighted by Crippen LogP contribution is 2.29. The summed E-state index contributed by atoms with van der Waals surface area (Å²) in [5.74, 6) is -0.518. The molecule has 0 radical (unpaired) electrons. The van der Waals surface area contributed by atoms with Gasteiger partial charge in [0, 0.05) is 21.8 Å². The fourth-order valence-corrected chi connectivity index (χ4v) is 2.05. The number of rotatable bonds is 2. The first-order chi connectivity index (χ1) is 7.58. The number of primary amides is 1. The lowest BCUT2D eigenvalue weighted by atomic mass is 10.1. The summed E-state index contributed by atoms with van der Waals surface area (Å²) >= 11 is 11.8. The monoisotopic (exact) mass is 254 g/mol. The number of carbonyl (C=O) groups excluding carboxylic acids is 1. The van der Waals surface area contributed by atoms with Crippen LogP contribution in [0.25, 0.3) is 11.1 Å². The number of amides is 1. The zero-order valence-corrected chi connectivity index (χ0v) is 9.64. The average Bonchev–Trinajstić information content (AvgIpc) is 2.63. The molecule has 0 aliphatic carbocycles. The minimum atomic E-state index is -0.518. The van der Waals surface area contributed by atoms with Crippen LogP contribution in [0, 0.1) is 0 Å². The third-order valence-electron chi connectivity index (χ3n) is 2.17. The van der Waals surface area contributed by atoms with Gasteiger partial charge in [0.2, 0.25) is 0 Å². The predicted molar refractivity (Wildman–Crippen MR) is 64.8 cm³/mol. The van der Waals surface area contributed by atoms with E-state index in [4.69, 9.17) is 28.9 Å². The van der Waals surface area contributed by atoms with Crippen molar-refractivity contribution >= 4 is 29.1 Å².